The molecule has 3 aromatic heterocycles. The van der Waals surface area contributed by atoms with Crippen molar-refractivity contribution in [2.24, 2.45) is 0 Å². The summed E-state index contributed by atoms with van der Waals surface area (Å²) in [6.07, 6.45) is 1.77. The van der Waals surface area contributed by atoms with Gasteiger partial charge in [-0.1, -0.05) is 11.2 Å². The number of nitrogens with one attached hydrogen (secondary N) is 1. The maximum atomic E-state index is 12.3. The van der Waals surface area contributed by atoms with E-state index in [4.69, 9.17) is 4.52 Å². The summed E-state index contributed by atoms with van der Waals surface area (Å²) in [4.78, 5) is 17.5. The second-order valence-electron chi connectivity index (χ2n) is 4.92. The van der Waals surface area contributed by atoms with E-state index in [1.807, 2.05) is 47.2 Å². The molecule has 24 heavy (non-hydrogen) atoms. The number of hydrogen-bond donors (Lipinski definition) is 1. The minimum absolute atomic E-state index is 0.252. The first-order chi connectivity index (χ1) is 11.8. The quantitative estimate of drug-likeness (QED) is 0.573. The van der Waals surface area contributed by atoms with Gasteiger partial charge in [-0.25, -0.2) is 4.98 Å². The van der Waals surface area contributed by atoms with E-state index in [0.29, 0.717) is 11.4 Å². The van der Waals surface area contributed by atoms with Gasteiger partial charge < -0.3 is 9.84 Å². The summed E-state index contributed by atoms with van der Waals surface area (Å²) in [5.41, 5.74) is 1.97. The fourth-order valence-corrected chi connectivity index (χ4v) is 3.49. The summed E-state index contributed by atoms with van der Waals surface area (Å²) in [5, 5.41) is 11.5. The minimum atomic E-state index is -0.302. The Morgan fingerprint density at radius 3 is 2.67 bits per heavy atom. The highest BCUT2D eigenvalue weighted by Crippen LogP contribution is 2.26. The molecule has 4 rings (SSSR count). The first-order valence-corrected chi connectivity index (χ1v) is 8.87. The van der Waals surface area contributed by atoms with Crippen molar-refractivity contribution in [2.75, 3.05) is 5.32 Å². The number of hydrogen-bond acceptors (Lipinski definition) is 6. The lowest BCUT2D eigenvalue weighted by atomic mass is 10.2. The van der Waals surface area contributed by atoms with Crippen LogP contribution >= 0.6 is 22.7 Å². The Morgan fingerprint density at radius 2 is 1.96 bits per heavy atom. The molecule has 3 heterocycles. The van der Waals surface area contributed by atoms with E-state index >= 15 is 0 Å². The molecule has 0 bridgehead atoms. The third-order valence-corrected chi connectivity index (χ3v) is 5.04. The molecule has 0 fully saturated rings. The van der Waals surface area contributed by atoms with E-state index in [-0.39, 0.29) is 11.6 Å². The fraction of sp³-hybridized carbons (Fsp3) is 0. The van der Waals surface area contributed by atoms with Crippen LogP contribution in [0.5, 0.6) is 0 Å². The van der Waals surface area contributed by atoms with E-state index in [2.05, 4.69) is 15.5 Å². The number of anilines is 1. The number of thiazole rings is 1. The van der Waals surface area contributed by atoms with Crippen molar-refractivity contribution in [2.45, 2.75) is 0 Å². The lowest BCUT2D eigenvalue weighted by Crippen LogP contribution is -2.11. The number of rotatable bonds is 4. The van der Waals surface area contributed by atoms with Gasteiger partial charge in [-0.3, -0.25) is 4.79 Å². The van der Waals surface area contributed by atoms with Gasteiger partial charge in [0.05, 0.1) is 4.88 Å². The molecular formula is C17H11N3O2S2. The molecule has 0 unspecified atom stereocenters. The van der Waals surface area contributed by atoms with Crippen LogP contribution in [0.2, 0.25) is 0 Å². The topological polar surface area (TPSA) is 68.0 Å². The Labute approximate surface area is 145 Å². The molecule has 0 aliphatic heterocycles. The number of aromatic nitrogens is 2. The van der Waals surface area contributed by atoms with Crippen molar-refractivity contribution >= 4 is 34.3 Å². The van der Waals surface area contributed by atoms with Crippen molar-refractivity contribution < 1.29 is 9.32 Å². The van der Waals surface area contributed by atoms with E-state index in [0.717, 1.165) is 15.4 Å². The lowest BCUT2D eigenvalue weighted by molar-refractivity contribution is 0.101. The first-order valence-electron chi connectivity index (χ1n) is 7.11. The van der Waals surface area contributed by atoms with Crippen molar-refractivity contribution in [3.8, 4) is 21.2 Å². The summed E-state index contributed by atoms with van der Waals surface area (Å²) >= 11 is 3.11. The molecule has 7 heteroatoms. The highest BCUT2D eigenvalue weighted by atomic mass is 32.1. The Hall–Kier alpha value is -2.77. The second-order valence-corrected chi connectivity index (χ2v) is 6.76. The molecule has 0 spiro atoms. The van der Waals surface area contributed by atoms with Gasteiger partial charge in [0, 0.05) is 28.9 Å². The SMILES string of the molecule is O=C(Nc1ccc(-c2nccs2)cc1)c1cc(-c2cccs2)on1. The molecule has 0 saturated carbocycles. The van der Waals surface area contributed by atoms with Crippen molar-refractivity contribution in [1.29, 1.82) is 0 Å². The Kier molecular flexibility index (Phi) is 3.94. The molecule has 0 aliphatic carbocycles. The maximum absolute atomic E-state index is 12.3. The molecule has 0 atom stereocenters. The molecular weight excluding hydrogens is 342 g/mol. The number of thiophene rings is 1. The molecule has 1 aromatic carbocycles. The van der Waals surface area contributed by atoms with Gasteiger partial charge in [0.15, 0.2) is 11.5 Å². The van der Waals surface area contributed by atoms with Gasteiger partial charge >= 0.3 is 0 Å². The zero-order valence-electron chi connectivity index (χ0n) is 12.3. The van der Waals surface area contributed by atoms with E-state index in [1.165, 1.54) is 11.3 Å². The lowest BCUT2D eigenvalue weighted by Gasteiger charge is -2.03. The Morgan fingerprint density at radius 1 is 1.08 bits per heavy atom. The van der Waals surface area contributed by atoms with Crippen LogP contribution in [-0.2, 0) is 0 Å². The smallest absolute Gasteiger partial charge is 0.277 e. The highest BCUT2D eigenvalue weighted by Gasteiger charge is 2.14. The third-order valence-electron chi connectivity index (χ3n) is 3.33. The summed E-state index contributed by atoms with van der Waals surface area (Å²) in [6, 6.07) is 13.0. The third kappa shape index (κ3) is 2.99. The minimum Gasteiger partial charge on any atom is -0.355 e. The number of carbonyl (C=O) groups is 1. The molecule has 0 aliphatic rings. The van der Waals surface area contributed by atoms with Crippen LogP contribution in [0.3, 0.4) is 0 Å². The summed E-state index contributed by atoms with van der Waals surface area (Å²) in [7, 11) is 0. The summed E-state index contributed by atoms with van der Waals surface area (Å²) in [5.74, 6) is 0.290. The standard InChI is InChI=1S/C17H11N3O2S2/c21-16(13-10-14(22-20-13)15-2-1-8-23-15)19-12-5-3-11(4-6-12)17-18-7-9-24-17/h1-10H,(H,19,21). The zero-order chi connectivity index (χ0) is 16.4. The van der Waals surface area contributed by atoms with Gasteiger partial charge in [-0.15, -0.1) is 22.7 Å². The van der Waals surface area contributed by atoms with Crippen molar-refractivity contribution in [3.05, 3.63) is 65.1 Å². The number of carbonyl (C=O) groups excluding carboxylic acids is 1. The van der Waals surface area contributed by atoms with Gasteiger partial charge in [-0.2, -0.15) is 0 Å². The predicted octanol–water partition coefficient (Wildman–Crippen LogP) is 4.78. The monoisotopic (exact) mass is 353 g/mol. The summed E-state index contributed by atoms with van der Waals surface area (Å²) in [6.45, 7) is 0. The molecule has 1 N–H and O–H groups in total. The second kappa shape index (κ2) is 6.38. The average molecular weight is 353 g/mol. The van der Waals surface area contributed by atoms with Gasteiger partial charge in [0.1, 0.15) is 5.01 Å². The molecule has 1 amide bonds. The molecule has 5 nitrogen and oxygen atoms in total. The van der Waals surface area contributed by atoms with Gasteiger partial charge in [0.2, 0.25) is 0 Å². The van der Waals surface area contributed by atoms with Crippen LogP contribution in [0.15, 0.2) is 63.9 Å². The van der Waals surface area contributed by atoms with Crippen molar-refractivity contribution in [1.82, 2.24) is 10.1 Å². The van der Waals surface area contributed by atoms with Crippen LogP contribution in [0, 0.1) is 0 Å². The normalized spacial score (nSPS) is 10.7. The summed E-state index contributed by atoms with van der Waals surface area (Å²) < 4.78 is 5.23. The first kappa shape index (κ1) is 14.8. The molecule has 4 aromatic rings. The number of amides is 1. The Bertz CT molecular complexity index is 942. The highest BCUT2D eigenvalue weighted by molar-refractivity contribution is 7.13. The van der Waals surface area contributed by atoms with Crippen LogP contribution in [0.1, 0.15) is 10.5 Å². The fourth-order valence-electron chi connectivity index (χ4n) is 2.17. The van der Waals surface area contributed by atoms with Gasteiger partial charge in [-0.05, 0) is 35.7 Å². The van der Waals surface area contributed by atoms with Crippen LogP contribution in [0.4, 0.5) is 5.69 Å². The predicted molar refractivity (Wildman–Crippen MR) is 95.3 cm³/mol. The molecule has 118 valence electrons. The maximum Gasteiger partial charge on any atom is 0.277 e. The van der Waals surface area contributed by atoms with Crippen LogP contribution in [0.25, 0.3) is 21.2 Å². The van der Waals surface area contributed by atoms with Crippen LogP contribution in [-0.4, -0.2) is 16.0 Å². The number of benzene rings is 1. The van der Waals surface area contributed by atoms with E-state index in [1.54, 1.807) is 23.6 Å². The average Bonchev–Trinajstić information content (AvgIpc) is 3.35. The van der Waals surface area contributed by atoms with Crippen LogP contribution < -0.4 is 5.32 Å². The largest absolute Gasteiger partial charge is 0.355 e. The zero-order valence-corrected chi connectivity index (χ0v) is 13.9. The Balaban J connectivity index is 1.48. The van der Waals surface area contributed by atoms with E-state index < -0.39 is 0 Å². The number of nitrogens with zero attached hydrogens (tertiary/aromatic N) is 2. The van der Waals surface area contributed by atoms with Gasteiger partial charge in [0.25, 0.3) is 5.91 Å². The van der Waals surface area contributed by atoms with E-state index in [9.17, 15) is 4.79 Å². The molecule has 0 radical (unpaired) electrons. The van der Waals surface area contributed by atoms with Crippen molar-refractivity contribution in [3.63, 3.8) is 0 Å². The molecule has 0 saturated heterocycles.